The summed E-state index contributed by atoms with van der Waals surface area (Å²) in [5, 5.41) is 14.0. The van der Waals surface area contributed by atoms with Crippen molar-refractivity contribution >= 4 is 11.3 Å². The van der Waals surface area contributed by atoms with Crippen molar-refractivity contribution in [3.8, 4) is 6.07 Å². The standard InChI is InChI=1S/C10H12N2S/c11-5-9-4-10(13-7-9)3-8-1-2-12-6-8/h4,7-8,12H,1-3,6H2. The summed E-state index contributed by atoms with van der Waals surface area (Å²) in [6, 6.07) is 4.18. The van der Waals surface area contributed by atoms with Crippen molar-refractivity contribution in [1.82, 2.24) is 5.32 Å². The van der Waals surface area contributed by atoms with Gasteiger partial charge in [0.15, 0.2) is 0 Å². The van der Waals surface area contributed by atoms with Gasteiger partial charge in [-0.15, -0.1) is 11.3 Å². The van der Waals surface area contributed by atoms with Crippen LogP contribution in [0.1, 0.15) is 16.9 Å². The van der Waals surface area contributed by atoms with Gasteiger partial charge in [0.2, 0.25) is 0 Å². The van der Waals surface area contributed by atoms with Crippen LogP contribution in [0.3, 0.4) is 0 Å². The van der Waals surface area contributed by atoms with E-state index in [0.717, 1.165) is 31.0 Å². The minimum absolute atomic E-state index is 0.783. The Bertz CT molecular complexity index is 318. The highest BCUT2D eigenvalue weighted by Gasteiger charge is 2.15. The summed E-state index contributed by atoms with van der Waals surface area (Å²) < 4.78 is 0. The summed E-state index contributed by atoms with van der Waals surface area (Å²) in [6.07, 6.45) is 2.42. The summed E-state index contributed by atoms with van der Waals surface area (Å²) in [5.74, 6) is 0.783. The molecule has 1 unspecified atom stereocenters. The van der Waals surface area contributed by atoms with Crippen molar-refractivity contribution in [3.63, 3.8) is 0 Å². The maximum atomic E-state index is 8.66. The summed E-state index contributed by atoms with van der Waals surface area (Å²) in [4.78, 5) is 1.35. The maximum absolute atomic E-state index is 8.66. The average molecular weight is 192 g/mol. The molecule has 1 aromatic heterocycles. The Morgan fingerprint density at radius 2 is 2.62 bits per heavy atom. The van der Waals surface area contributed by atoms with Gasteiger partial charge in [-0.3, -0.25) is 0 Å². The van der Waals surface area contributed by atoms with Gasteiger partial charge in [-0.05, 0) is 37.9 Å². The van der Waals surface area contributed by atoms with E-state index in [1.807, 2.05) is 11.4 Å². The van der Waals surface area contributed by atoms with E-state index >= 15 is 0 Å². The van der Waals surface area contributed by atoms with Crippen LogP contribution < -0.4 is 5.32 Å². The predicted molar refractivity (Wildman–Crippen MR) is 53.7 cm³/mol. The fraction of sp³-hybridized carbons (Fsp3) is 0.500. The molecule has 1 fully saturated rings. The van der Waals surface area contributed by atoms with Gasteiger partial charge in [0, 0.05) is 10.3 Å². The highest BCUT2D eigenvalue weighted by Crippen LogP contribution is 2.20. The Labute approximate surface area is 82.2 Å². The van der Waals surface area contributed by atoms with Crippen LogP contribution in [0.15, 0.2) is 11.4 Å². The largest absolute Gasteiger partial charge is 0.316 e. The van der Waals surface area contributed by atoms with Crippen LogP contribution in [-0.2, 0) is 6.42 Å². The third kappa shape index (κ3) is 2.09. The molecule has 1 saturated heterocycles. The van der Waals surface area contributed by atoms with Gasteiger partial charge in [-0.1, -0.05) is 0 Å². The molecule has 2 heterocycles. The Morgan fingerprint density at radius 3 is 3.23 bits per heavy atom. The zero-order valence-electron chi connectivity index (χ0n) is 7.42. The van der Waals surface area contributed by atoms with Crippen LogP contribution in [0.2, 0.25) is 0 Å². The lowest BCUT2D eigenvalue weighted by atomic mass is 10.0. The molecule has 1 aliphatic rings. The van der Waals surface area contributed by atoms with Gasteiger partial charge in [0.25, 0.3) is 0 Å². The molecule has 0 aliphatic carbocycles. The molecule has 13 heavy (non-hydrogen) atoms. The van der Waals surface area contributed by atoms with Crippen molar-refractivity contribution in [1.29, 1.82) is 5.26 Å². The number of nitriles is 1. The van der Waals surface area contributed by atoms with Crippen molar-refractivity contribution < 1.29 is 0 Å². The van der Waals surface area contributed by atoms with Crippen LogP contribution in [-0.4, -0.2) is 13.1 Å². The van der Waals surface area contributed by atoms with Gasteiger partial charge in [-0.25, -0.2) is 0 Å². The lowest BCUT2D eigenvalue weighted by molar-refractivity contribution is 0.585. The molecule has 1 atom stereocenters. The van der Waals surface area contributed by atoms with E-state index in [0.29, 0.717) is 0 Å². The van der Waals surface area contributed by atoms with Crippen LogP contribution in [0, 0.1) is 17.2 Å². The second-order valence-corrected chi connectivity index (χ2v) is 4.47. The van der Waals surface area contributed by atoms with Crippen molar-refractivity contribution in [3.05, 3.63) is 21.9 Å². The second kappa shape index (κ2) is 3.91. The van der Waals surface area contributed by atoms with Crippen LogP contribution in [0.4, 0.5) is 0 Å². The first-order chi connectivity index (χ1) is 6.38. The van der Waals surface area contributed by atoms with Gasteiger partial charge in [0.05, 0.1) is 11.6 Å². The molecule has 0 saturated carbocycles. The molecule has 0 bridgehead atoms. The number of hydrogen-bond acceptors (Lipinski definition) is 3. The van der Waals surface area contributed by atoms with Gasteiger partial charge in [-0.2, -0.15) is 5.26 Å². The van der Waals surface area contributed by atoms with E-state index < -0.39 is 0 Å². The molecule has 0 spiro atoms. The zero-order chi connectivity index (χ0) is 9.10. The first-order valence-electron chi connectivity index (χ1n) is 4.56. The van der Waals surface area contributed by atoms with E-state index in [2.05, 4.69) is 11.4 Å². The van der Waals surface area contributed by atoms with Gasteiger partial charge < -0.3 is 5.32 Å². The molecule has 68 valence electrons. The van der Waals surface area contributed by atoms with Crippen molar-refractivity contribution in [2.24, 2.45) is 5.92 Å². The fourth-order valence-electron chi connectivity index (χ4n) is 1.72. The van der Waals surface area contributed by atoms with Crippen LogP contribution in [0.5, 0.6) is 0 Å². The summed E-state index contributed by atoms with van der Waals surface area (Å²) >= 11 is 1.71. The third-order valence-electron chi connectivity index (χ3n) is 2.44. The molecule has 0 radical (unpaired) electrons. The van der Waals surface area contributed by atoms with E-state index in [1.165, 1.54) is 11.3 Å². The zero-order valence-corrected chi connectivity index (χ0v) is 8.23. The molecule has 2 nitrogen and oxygen atoms in total. The summed E-state index contributed by atoms with van der Waals surface area (Å²) in [5.41, 5.74) is 0.811. The molecular formula is C10H12N2S. The Kier molecular flexibility index (Phi) is 2.62. The molecule has 0 amide bonds. The molecule has 3 heteroatoms. The lowest BCUT2D eigenvalue weighted by Gasteiger charge is -2.04. The SMILES string of the molecule is N#Cc1csc(CC2CCNC2)c1. The fourth-order valence-corrected chi connectivity index (χ4v) is 2.65. The first kappa shape index (κ1) is 8.74. The van der Waals surface area contributed by atoms with E-state index in [9.17, 15) is 0 Å². The van der Waals surface area contributed by atoms with Gasteiger partial charge in [0.1, 0.15) is 0 Å². The molecule has 2 rings (SSSR count). The first-order valence-corrected chi connectivity index (χ1v) is 5.44. The summed E-state index contributed by atoms with van der Waals surface area (Å²) in [6.45, 7) is 2.29. The number of thiophene rings is 1. The van der Waals surface area contributed by atoms with Crippen molar-refractivity contribution in [2.75, 3.05) is 13.1 Å². The molecule has 1 N–H and O–H groups in total. The Hall–Kier alpha value is -0.850. The van der Waals surface area contributed by atoms with Gasteiger partial charge >= 0.3 is 0 Å². The third-order valence-corrected chi connectivity index (χ3v) is 3.39. The number of nitrogens with one attached hydrogen (secondary N) is 1. The van der Waals surface area contributed by atoms with E-state index in [-0.39, 0.29) is 0 Å². The minimum atomic E-state index is 0.783. The quantitative estimate of drug-likeness (QED) is 0.775. The van der Waals surface area contributed by atoms with Crippen molar-refractivity contribution in [2.45, 2.75) is 12.8 Å². The Morgan fingerprint density at radius 1 is 1.69 bits per heavy atom. The second-order valence-electron chi connectivity index (χ2n) is 3.48. The lowest BCUT2D eigenvalue weighted by Crippen LogP contribution is -2.10. The molecular weight excluding hydrogens is 180 g/mol. The number of hydrogen-bond donors (Lipinski definition) is 1. The van der Waals surface area contributed by atoms with E-state index in [4.69, 9.17) is 5.26 Å². The van der Waals surface area contributed by atoms with Crippen LogP contribution in [0.25, 0.3) is 0 Å². The smallest absolute Gasteiger partial charge is 0.1000 e. The summed E-state index contributed by atoms with van der Waals surface area (Å²) in [7, 11) is 0. The predicted octanol–water partition coefficient (Wildman–Crippen LogP) is 1.77. The highest BCUT2D eigenvalue weighted by molar-refractivity contribution is 7.10. The van der Waals surface area contributed by atoms with E-state index in [1.54, 1.807) is 11.3 Å². The molecule has 1 aromatic rings. The number of nitrogens with zero attached hydrogens (tertiary/aromatic N) is 1. The molecule has 0 aromatic carbocycles. The van der Waals surface area contributed by atoms with Crippen LogP contribution >= 0.6 is 11.3 Å². The maximum Gasteiger partial charge on any atom is 0.1000 e. The normalized spacial score (nSPS) is 21.6. The topological polar surface area (TPSA) is 35.8 Å². The Balaban J connectivity index is 1.97. The number of rotatable bonds is 2. The molecule has 1 aliphatic heterocycles. The average Bonchev–Trinajstić information content (AvgIpc) is 2.76. The minimum Gasteiger partial charge on any atom is -0.316 e. The monoisotopic (exact) mass is 192 g/mol. The highest BCUT2D eigenvalue weighted by atomic mass is 32.1.